The van der Waals surface area contributed by atoms with Crippen molar-refractivity contribution in [2.75, 3.05) is 0 Å². The summed E-state index contributed by atoms with van der Waals surface area (Å²) in [6.45, 7) is 8.38. The maximum absolute atomic E-state index is 9.05. The highest BCUT2D eigenvalue weighted by molar-refractivity contribution is 6.13. The van der Waals surface area contributed by atoms with Crippen molar-refractivity contribution < 1.29 is 16.3 Å². The van der Waals surface area contributed by atoms with Crippen molar-refractivity contribution in [2.45, 2.75) is 52.6 Å². The fourth-order valence-corrected chi connectivity index (χ4v) is 7.93. The van der Waals surface area contributed by atoms with Gasteiger partial charge in [0.2, 0.25) is 11.4 Å². The SMILES string of the molecule is [2H]Cc1c[n+]2c(cc1C([2H])(C)C)-c1c(ccc3c1oc1c4c(ccc13)CC(C)=C4C)C21c2ccccc2-c2cccc[n+]21. The molecule has 0 N–H and O–H groups in total. The molecule has 41 heavy (non-hydrogen) atoms. The standard InChI is InChI=1S/C38H32N2O/c1-21(2)29-19-33-35-31(16-15-27-26-14-13-25-18-22(3)24(5)34(25)36(26)41-37(27)35)38(40(33)20-23(29)4)30-11-7-6-10-28(30)32-12-8-9-17-39(32)38/h6-17,19-21H,18H2,1-5H3/q+2/i4D,21D. The van der Waals surface area contributed by atoms with Crippen LogP contribution in [0.3, 0.4) is 0 Å². The normalized spacial score (nSPS) is 18.9. The Morgan fingerprint density at radius 3 is 2.46 bits per heavy atom. The third kappa shape index (κ3) is 2.61. The van der Waals surface area contributed by atoms with E-state index in [-0.39, 0.29) is 6.90 Å². The zero-order chi connectivity index (χ0) is 29.4. The summed E-state index contributed by atoms with van der Waals surface area (Å²) in [7, 11) is 0. The molecule has 0 saturated carbocycles. The predicted octanol–water partition coefficient (Wildman–Crippen LogP) is 8.20. The minimum Gasteiger partial charge on any atom is -0.454 e. The van der Waals surface area contributed by atoms with Gasteiger partial charge in [-0.15, -0.1) is 9.13 Å². The number of nitrogens with zero attached hydrogens (tertiary/aromatic N) is 2. The number of benzene rings is 3. The van der Waals surface area contributed by atoms with Crippen LogP contribution in [0, 0.1) is 6.90 Å². The molecule has 1 atom stereocenters. The van der Waals surface area contributed by atoms with E-state index in [1.54, 1.807) is 0 Å². The topological polar surface area (TPSA) is 20.9 Å². The summed E-state index contributed by atoms with van der Waals surface area (Å²) in [6, 6.07) is 26.3. The van der Waals surface area contributed by atoms with Crippen molar-refractivity contribution in [1.29, 1.82) is 0 Å². The van der Waals surface area contributed by atoms with Gasteiger partial charge in [-0.2, -0.15) is 0 Å². The second kappa shape index (κ2) is 7.61. The van der Waals surface area contributed by atoms with Crippen LogP contribution >= 0.6 is 0 Å². The van der Waals surface area contributed by atoms with Gasteiger partial charge in [0.15, 0.2) is 12.4 Å². The lowest BCUT2D eigenvalue weighted by Crippen LogP contribution is -2.71. The number of pyridine rings is 2. The molecule has 1 unspecified atom stereocenters. The first-order valence-corrected chi connectivity index (χ1v) is 14.4. The Kier molecular flexibility index (Phi) is 3.95. The van der Waals surface area contributed by atoms with Gasteiger partial charge in [-0.05, 0) is 80.1 Å². The van der Waals surface area contributed by atoms with E-state index >= 15 is 0 Å². The molecule has 0 fully saturated rings. The molecule has 0 radical (unpaired) electrons. The second-order valence-corrected chi connectivity index (χ2v) is 12.2. The highest BCUT2D eigenvalue weighted by Crippen LogP contribution is 2.51. The van der Waals surface area contributed by atoms with Gasteiger partial charge in [-0.3, -0.25) is 0 Å². The summed E-state index contributed by atoms with van der Waals surface area (Å²) in [5.41, 5.74) is 15.0. The quantitative estimate of drug-likeness (QED) is 0.194. The molecular weight excluding hydrogens is 500 g/mol. The first-order chi connectivity index (χ1) is 20.7. The van der Waals surface area contributed by atoms with Crippen LogP contribution in [-0.2, 0) is 12.1 Å². The van der Waals surface area contributed by atoms with Crippen LogP contribution in [0.5, 0.6) is 0 Å². The van der Waals surface area contributed by atoms with E-state index in [1.165, 1.54) is 33.4 Å². The minimum absolute atomic E-state index is 0.107. The molecule has 198 valence electrons. The third-order valence-electron chi connectivity index (χ3n) is 9.84. The average molecular weight is 535 g/mol. The van der Waals surface area contributed by atoms with Crippen molar-refractivity contribution in [1.82, 2.24) is 0 Å². The summed E-state index contributed by atoms with van der Waals surface area (Å²) in [6.07, 6.45) is 5.29. The van der Waals surface area contributed by atoms with Crippen molar-refractivity contribution in [3.8, 4) is 22.5 Å². The lowest BCUT2D eigenvalue weighted by molar-refractivity contribution is -0.955. The van der Waals surface area contributed by atoms with Gasteiger partial charge < -0.3 is 4.42 Å². The molecule has 3 nitrogen and oxygen atoms in total. The van der Waals surface area contributed by atoms with E-state index in [1.807, 2.05) is 13.8 Å². The lowest BCUT2D eigenvalue weighted by Gasteiger charge is -2.18. The Balaban J connectivity index is 1.49. The van der Waals surface area contributed by atoms with E-state index < -0.39 is 11.6 Å². The maximum Gasteiger partial charge on any atom is 0.417 e. The average Bonchev–Trinajstić information content (AvgIpc) is 3.70. The number of furan rings is 1. The van der Waals surface area contributed by atoms with E-state index in [4.69, 9.17) is 7.16 Å². The number of allylic oxidation sites excluding steroid dienone is 2. The van der Waals surface area contributed by atoms with E-state index in [2.05, 4.69) is 108 Å². The number of hydrogen-bond donors (Lipinski definition) is 0. The fraction of sp³-hybridized carbons (Fsp3) is 0.211. The van der Waals surface area contributed by atoms with E-state index in [9.17, 15) is 0 Å². The first-order valence-electron chi connectivity index (χ1n) is 15.6. The monoisotopic (exact) mass is 534 g/mol. The Bertz CT molecular complexity index is 2220. The summed E-state index contributed by atoms with van der Waals surface area (Å²) in [5.74, 6) is -0.859. The van der Waals surface area contributed by atoms with Crippen molar-refractivity contribution >= 4 is 27.5 Å². The highest BCUT2D eigenvalue weighted by atomic mass is 16.3. The number of aromatic nitrogens is 2. The fourth-order valence-electron chi connectivity index (χ4n) is 7.93. The number of fused-ring (bicyclic) bond motifs is 16. The number of aryl methyl sites for hydroxylation is 1. The molecule has 5 heterocycles. The second-order valence-electron chi connectivity index (χ2n) is 12.2. The molecule has 9 rings (SSSR count). The van der Waals surface area contributed by atoms with Crippen LogP contribution < -0.4 is 9.13 Å². The first kappa shape index (κ1) is 21.3. The molecule has 1 spiro atoms. The highest BCUT2D eigenvalue weighted by Gasteiger charge is 2.67. The van der Waals surface area contributed by atoms with Crippen LogP contribution in [0.25, 0.3) is 50.0 Å². The number of hydrogen-bond acceptors (Lipinski definition) is 1. The lowest BCUT2D eigenvalue weighted by atomic mass is 9.89. The van der Waals surface area contributed by atoms with Crippen LogP contribution in [0.2, 0.25) is 0 Å². The van der Waals surface area contributed by atoms with Crippen molar-refractivity contribution in [3.63, 3.8) is 0 Å². The van der Waals surface area contributed by atoms with Gasteiger partial charge in [-0.25, -0.2) is 0 Å². The maximum atomic E-state index is 9.05. The Morgan fingerprint density at radius 2 is 1.63 bits per heavy atom. The third-order valence-corrected chi connectivity index (χ3v) is 9.84. The molecule has 3 aromatic heterocycles. The van der Waals surface area contributed by atoms with Crippen LogP contribution in [0.1, 0.15) is 69.7 Å². The van der Waals surface area contributed by atoms with Crippen LogP contribution in [0.15, 0.2) is 95.2 Å². The van der Waals surface area contributed by atoms with Crippen LogP contribution in [0.4, 0.5) is 0 Å². The zero-order valence-electron chi connectivity index (χ0n) is 25.8. The van der Waals surface area contributed by atoms with Gasteiger partial charge in [-0.1, -0.05) is 43.7 Å². The molecular formula is C38H32N2O+2. The van der Waals surface area contributed by atoms with Gasteiger partial charge in [0, 0.05) is 42.8 Å². The predicted molar refractivity (Wildman–Crippen MR) is 164 cm³/mol. The minimum atomic E-state index is -0.859. The summed E-state index contributed by atoms with van der Waals surface area (Å²) in [5, 5.41) is 2.25. The Morgan fingerprint density at radius 1 is 0.854 bits per heavy atom. The summed E-state index contributed by atoms with van der Waals surface area (Å²) < 4.78 is 29.3. The van der Waals surface area contributed by atoms with Crippen LogP contribution in [-0.4, -0.2) is 0 Å². The molecule has 2 aliphatic heterocycles. The van der Waals surface area contributed by atoms with E-state index in [0.29, 0.717) is 0 Å². The van der Waals surface area contributed by atoms with Gasteiger partial charge in [0.25, 0.3) is 0 Å². The largest absolute Gasteiger partial charge is 0.454 e. The summed E-state index contributed by atoms with van der Waals surface area (Å²) >= 11 is 0. The molecule has 0 amide bonds. The van der Waals surface area contributed by atoms with Gasteiger partial charge in [0.05, 0.1) is 5.56 Å². The Labute approximate surface area is 242 Å². The summed E-state index contributed by atoms with van der Waals surface area (Å²) in [4.78, 5) is 0. The van der Waals surface area contributed by atoms with Crippen molar-refractivity contribution in [3.05, 3.63) is 124 Å². The molecule has 3 aromatic carbocycles. The molecule has 0 saturated heterocycles. The smallest absolute Gasteiger partial charge is 0.417 e. The van der Waals surface area contributed by atoms with Crippen molar-refractivity contribution in [2.24, 2.45) is 0 Å². The van der Waals surface area contributed by atoms with E-state index in [0.717, 1.165) is 62.0 Å². The molecule has 6 aromatic rings. The van der Waals surface area contributed by atoms with Gasteiger partial charge in [0.1, 0.15) is 27.9 Å². The molecule has 0 bridgehead atoms. The Hall–Kier alpha value is -4.50. The zero-order valence-corrected chi connectivity index (χ0v) is 23.8. The molecule has 3 aliphatic rings. The number of rotatable bonds is 1. The molecule has 1 aliphatic carbocycles. The molecule has 3 heteroatoms. The van der Waals surface area contributed by atoms with Gasteiger partial charge >= 0.3 is 5.66 Å².